The number of hydrogen-bond acceptors (Lipinski definition) is 2. The molecule has 0 aromatic heterocycles. The minimum Gasteiger partial charge on any atom is -0.330 e. The van der Waals surface area contributed by atoms with Crippen molar-refractivity contribution in [2.24, 2.45) is 0 Å². The van der Waals surface area contributed by atoms with E-state index in [1.165, 1.54) is 0 Å². The fraction of sp³-hybridized carbons (Fsp3) is 0.176. The molecule has 4 heteroatoms. The zero-order valence-corrected chi connectivity index (χ0v) is 11.7. The van der Waals surface area contributed by atoms with Crippen molar-refractivity contribution in [3.05, 3.63) is 59.3 Å². The maximum Gasteiger partial charge on any atom is 0.225 e. The van der Waals surface area contributed by atoms with Crippen molar-refractivity contribution in [3.63, 3.8) is 0 Å². The highest BCUT2D eigenvalue weighted by molar-refractivity contribution is 6.62. The Morgan fingerprint density at radius 2 is 1.90 bits per heavy atom. The topological polar surface area (TPSA) is 46.2 Å². The van der Waals surface area contributed by atoms with Crippen molar-refractivity contribution in [2.75, 3.05) is 0 Å². The van der Waals surface area contributed by atoms with Gasteiger partial charge in [0.2, 0.25) is 5.91 Å². The molecule has 1 aliphatic rings. The zero-order valence-electron chi connectivity index (χ0n) is 11.7. The lowest BCUT2D eigenvalue weighted by Gasteiger charge is -2.27. The summed E-state index contributed by atoms with van der Waals surface area (Å²) in [6.07, 6.45) is 0.240. The summed E-state index contributed by atoms with van der Waals surface area (Å²) >= 11 is 0. The summed E-state index contributed by atoms with van der Waals surface area (Å²) in [5.41, 5.74) is 1.53. The first-order valence-electron chi connectivity index (χ1n) is 6.86. The molecule has 3 rings (SSSR count). The lowest BCUT2D eigenvalue weighted by molar-refractivity contribution is -0.121. The van der Waals surface area contributed by atoms with Crippen LogP contribution in [0.1, 0.15) is 24.8 Å². The van der Waals surface area contributed by atoms with E-state index in [1.54, 1.807) is 6.92 Å². The molecule has 0 spiro atoms. The number of nitrogens with one attached hydrogen (secondary N) is 1. The third-order valence-corrected chi connectivity index (χ3v) is 3.93. The van der Waals surface area contributed by atoms with Crippen LogP contribution in [0.15, 0.2) is 53.7 Å². The number of hydrogen-bond donors (Lipinski definition) is 1. The molecule has 3 nitrogen and oxygen atoms in total. The van der Waals surface area contributed by atoms with Gasteiger partial charge in [-0.15, -0.1) is 0 Å². The maximum atomic E-state index is 11.9. The molecule has 0 saturated carbocycles. The molecule has 0 fully saturated rings. The Labute approximate surface area is 124 Å². The quantitative estimate of drug-likeness (QED) is 0.855. The van der Waals surface area contributed by atoms with E-state index in [1.807, 2.05) is 42.5 Å². The first kappa shape index (κ1) is 13.6. The number of carbonyl (C=O) groups is 2. The van der Waals surface area contributed by atoms with Crippen molar-refractivity contribution < 1.29 is 9.59 Å². The average Bonchev–Trinajstić information content (AvgIpc) is 2.45. The number of benzene rings is 2. The fourth-order valence-electron chi connectivity index (χ4n) is 3.05. The Morgan fingerprint density at radius 1 is 1.19 bits per heavy atom. The van der Waals surface area contributed by atoms with Crippen LogP contribution in [0.2, 0.25) is 0 Å². The van der Waals surface area contributed by atoms with Gasteiger partial charge < -0.3 is 10.1 Å². The van der Waals surface area contributed by atoms with Gasteiger partial charge in [0.15, 0.2) is 7.85 Å². The fourth-order valence-corrected chi connectivity index (χ4v) is 3.05. The summed E-state index contributed by atoms with van der Waals surface area (Å²) < 4.78 is 0. The molecule has 1 aliphatic heterocycles. The smallest absolute Gasteiger partial charge is 0.225 e. The first-order chi connectivity index (χ1) is 10.1. The molecule has 0 saturated heterocycles. The van der Waals surface area contributed by atoms with Gasteiger partial charge in [0.1, 0.15) is 5.68 Å². The highest BCUT2D eigenvalue weighted by atomic mass is 16.2. The number of carbonyl (C=O) groups excluding carboxylic acids is 2. The predicted molar refractivity (Wildman–Crippen MR) is 82.9 cm³/mol. The van der Waals surface area contributed by atoms with Crippen LogP contribution in [0.4, 0.5) is 0 Å². The normalized spacial score (nSPS) is 18.7. The number of rotatable bonds is 2. The molecule has 1 N–H and O–H groups in total. The van der Waals surface area contributed by atoms with E-state index in [-0.39, 0.29) is 18.2 Å². The van der Waals surface area contributed by atoms with Crippen LogP contribution in [0.5, 0.6) is 0 Å². The third kappa shape index (κ3) is 2.37. The highest BCUT2D eigenvalue weighted by Gasteiger charge is 2.30. The van der Waals surface area contributed by atoms with Gasteiger partial charge in [-0.05, 0) is 23.3 Å². The maximum absolute atomic E-state index is 11.9. The van der Waals surface area contributed by atoms with Crippen LogP contribution in [0.3, 0.4) is 0 Å². The van der Waals surface area contributed by atoms with Crippen LogP contribution in [-0.2, 0) is 9.59 Å². The number of allylic oxidation sites excluding steroid dienone is 2. The van der Waals surface area contributed by atoms with Crippen LogP contribution >= 0.6 is 0 Å². The molecule has 2 aromatic carbocycles. The number of amides is 1. The summed E-state index contributed by atoms with van der Waals surface area (Å²) in [6.45, 7) is 1.72. The van der Waals surface area contributed by atoms with Gasteiger partial charge in [-0.1, -0.05) is 42.5 Å². The molecular formula is C17H14BNO2. The highest BCUT2D eigenvalue weighted by Crippen LogP contribution is 2.36. The molecule has 1 heterocycles. The van der Waals surface area contributed by atoms with E-state index in [0.29, 0.717) is 11.3 Å². The minimum absolute atomic E-state index is 0.0876. The van der Waals surface area contributed by atoms with E-state index in [9.17, 15) is 9.59 Å². The summed E-state index contributed by atoms with van der Waals surface area (Å²) in [6, 6.07) is 13.9. The van der Waals surface area contributed by atoms with Crippen molar-refractivity contribution in [1.29, 1.82) is 0 Å². The molecular weight excluding hydrogens is 261 g/mol. The molecule has 1 unspecified atom stereocenters. The average molecular weight is 275 g/mol. The molecule has 2 aromatic rings. The van der Waals surface area contributed by atoms with E-state index in [0.717, 1.165) is 16.3 Å². The van der Waals surface area contributed by atoms with E-state index in [2.05, 4.69) is 5.32 Å². The molecule has 21 heavy (non-hydrogen) atoms. The van der Waals surface area contributed by atoms with Gasteiger partial charge in [-0.25, -0.2) is 0 Å². The summed E-state index contributed by atoms with van der Waals surface area (Å²) in [5.74, 6) is -0.377. The van der Waals surface area contributed by atoms with Crippen molar-refractivity contribution in [2.45, 2.75) is 19.3 Å². The summed E-state index contributed by atoms with van der Waals surface area (Å²) in [4.78, 5) is 23.7. The lowest BCUT2D eigenvalue weighted by atomic mass is 9.76. The largest absolute Gasteiger partial charge is 0.330 e. The molecule has 102 valence electrons. The monoisotopic (exact) mass is 275 g/mol. The Kier molecular flexibility index (Phi) is 3.38. The molecule has 1 amide bonds. The number of fused-ring (bicyclic) bond motifs is 1. The second-order valence-electron chi connectivity index (χ2n) is 5.28. The SMILES string of the molecule is [B]C(=O)C1=C(C)NC(=O)CC1c1cccc2ccccc12. The Balaban J connectivity index is 2.23. The first-order valence-corrected chi connectivity index (χ1v) is 6.86. The van der Waals surface area contributed by atoms with Crippen LogP contribution in [0, 0.1) is 0 Å². The van der Waals surface area contributed by atoms with Gasteiger partial charge in [-0.3, -0.25) is 4.79 Å². The second-order valence-corrected chi connectivity index (χ2v) is 5.28. The summed E-state index contributed by atoms with van der Waals surface area (Å²) in [5, 5.41) is 4.83. The van der Waals surface area contributed by atoms with E-state index < -0.39 is 5.68 Å². The van der Waals surface area contributed by atoms with Gasteiger partial charge >= 0.3 is 0 Å². The summed E-state index contributed by atoms with van der Waals surface area (Å²) in [7, 11) is 5.53. The van der Waals surface area contributed by atoms with Crippen molar-refractivity contribution >= 4 is 30.2 Å². The Hall–Kier alpha value is -2.36. The molecule has 2 radical (unpaired) electrons. The van der Waals surface area contributed by atoms with Crippen LogP contribution < -0.4 is 5.32 Å². The third-order valence-electron chi connectivity index (χ3n) is 3.93. The van der Waals surface area contributed by atoms with E-state index >= 15 is 0 Å². The zero-order chi connectivity index (χ0) is 15.0. The Bertz CT molecular complexity index is 774. The molecule has 0 bridgehead atoms. The minimum atomic E-state index is -0.481. The molecule has 1 atom stereocenters. The molecule has 0 aliphatic carbocycles. The Morgan fingerprint density at radius 3 is 2.67 bits per heavy atom. The van der Waals surface area contributed by atoms with E-state index in [4.69, 9.17) is 7.85 Å². The van der Waals surface area contributed by atoms with Crippen LogP contribution in [-0.4, -0.2) is 19.4 Å². The van der Waals surface area contributed by atoms with Gasteiger partial charge in [0, 0.05) is 23.6 Å². The second kappa shape index (κ2) is 5.21. The predicted octanol–water partition coefficient (Wildman–Crippen LogP) is 2.41. The standard InChI is InChI=1S/C17H14BNO2/c1-10-16(17(18)21)14(9-15(20)19-10)13-8-4-6-11-5-2-3-7-12(11)13/h2-8,14H,9H2,1H3,(H,19,20). The van der Waals surface area contributed by atoms with Crippen molar-refractivity contribution in [3.8, 4) is 0 Å². The van der Waals surface area contributed by atoms with Gasteiger partial charge in [0.05, 0.1) is 0 Å². The van der Waals surface area contributed by atoms with Gasteiger partial charge in [0.25, 0.3) is 0 Å². The lowest BCUT2D eigenvalue weighted by Crippen LogP contribution is -2.33. The van der Waals surface area contributed by atoms with Crippen molar-refractivity contribution in [1.82, 2.24) is 5.32 Å². The van der Waals surface area contributed by atoms with Gasteiger partial charge in [-0.2, -0.15) is 0 Å². The van der Waals surface area contributed by atoms with Crippen LogP contribution in [0.25, 0.3) is 10.8 Å².